The summed E-state index contributed by atoms with van der Waals surface area (Å²) < 4.78 is 15.7. The van der Waals surface area contributed by atoms with E-state index < -0.39 is 0 Å². The van der Waals surface area contributed by atoms with E-state index >= 15 is 0 Å². The third-order valence-electron chi connectivity index (χ3n) is 4.23. The molecule has 26 heavy (non-hydrogen) atoms. The molecule has 1 heterocycles. The van der Waals surface area contributed by atoms with Crippen LogP contribution in [0.2, 0.25) is 5.02 Å². The Bertz CT molecular complexity index is 1100. The van der Waals surface area contributed by atoms with Gasteiger partial charge in [-0.2, -0.15) is 0 Å². The van der Waals surface area contributed by atoms with Crippen LogP contribution in [0, 0.1) is 5.82 Å². The molecular weight excluding hydrogens is 347 g/mol. The molecule has 4 heteroatoms. The molecule has 0 N–H and O–H groups in total. The van der Waals surface area contributed by atoms with Gasteiger partial charge in [-0.05, 0) is 53.6 Å². The van der Waals surface area contributed by atoms with Gasteiger partial charge in [-0.1, -0.05) is 54.1 Å². The van der Waals surface area contributed by atoms with Gasteiger partial charge in [-0.25, -0.2) is 9.37 Å². The fourth-order valence-corrected chi connectivity index (χ4v) is 3.18. The molecule has 0 bridgehead atoms. The van der Waals surface area contributed by atoms with E-state index in [4.69, 9.17) is 16.6 Å². The molecule has 128 valence electrons. The first-order chi connectivity index (χ1) is 12.7. The maximum atomic E-state index is 13.6. The molecule has 0 radical (unpaired) electrons. The fraction of sp³-hybridized carbons (Fsp3) is 0.0455. The number of hydrogen-bond donors (Lipinski definition) is 0. The Morgan fingerprint density at radius 2 is 1.73 bits per heavy atom. The Kier molecular flexibility index (Phi) is 4.55. The van der Waals surface area contributed by atoms with Crippen molar-refractivity contribution in [2.75, 3.05) is 0 Å². The molecular formula is C22H16ClFN2. The van der Waals surface area contributed by atoms with Gasteiger partial charge in [0, 0.05) is 11.6 Å². The van der Waals surface area contributed by atoms with E-state index in [1.165, 1.54) is 6.07 Å². The van der Waals surface area contributed by atoms with Crippen LogP contribution in [-0.2, 0) is 6.54 Å². The van der Waals surface area contributed by atoms with Crippen molar-refractivity contribution < 1.29 is 4.39 Å². The molecule has 2 nitrogen and oxygen atoms in total. The maximum absolute atomic E-state index is 13.6. The summed E-state index contributed by atoms with van der Waals surface area (Å²) in [5, 5.41) is 0.691. The number of hydrogen-bond acceptors (Lipinski definition) is 1. The van der Waals surface area contributed by atoms with Crippen molar-refractivity contribution >= 4 is 34.8 Å². The van der Waals surface area contributed by atoms with Crippen molar-refractivity contribution in [1.82, 2.24) is 9.55 Å². The topological polar surface area (TPSA) is 17.8 Å². The van der Waals surface area contributed by atoms with Gasteiger partial charge in [0.05, 0.1) is 11.0 Å². The second-order valence-electron chi connectivity index (χ2n) is 6.03. The van der Waals surface area contributed by atoms with Crippen LogP contribution in [0.25, 0.3) is 23.2 Å². The van der Waals surface area contributed by atoms with Gasteiger partial charge in [0.15, 0.2) is 0 Å². The van der Waals surface area contributed by atoms with Crippen molar-refractivity contribution in [3.8, 4) is 0 Å². The summed E-state index contributed by atoms with van der Waals surface area (Å²) in [6.07, 6.45) is 3.89. The van der Waals surface area contributed by atoms with Crippen LogP contribution in [0.1, 0.15) is 17.0 Å². The molecule has 0 aliphatic heterocycles. The van der Waals surface area contributed by atoms with Crippen LogP contribution < -0.4 is 0 Å². The van der Waals surface area contributed by atoms with Crippen molar-refractivity contribution in [2.45, 2.75) is 6.54 Å². The molecule has 0 atom stereocenters. The summed E-state index contributed by atoms with van der Waals surface area (Å²) >= 11 is 6.24. The van der Waals surface area contributed by atoms with E-state index in [0.717, 1.165) is 28.0 Å². The number of para-hydroxylation sites is 2. The number of aromatic nitrogens is 2. The fourth-order valence-electron chi connectivity index (χ4n) is 2.98. The molecule has 0 spiro atoms. The van der Waals surface area contributed by atoms with Gasteiger partial charge in [-0.15, -0.1) is 0 Å². The molecule has 0 aliphatic rings. The van der Waals surface area contributed by atoms with Crippen molar-refractivity contribution in [1.29, 1.82) is 0 Å². The van der Waals surface area contributed by atoms with Gasteiger partial charge >= 0.3 is 0 Å². The summed E-state index contributed by atoms with van der Waals surface area (Å²) in [6.45, 7) is 0.542. The first kappa shape index (κ1) is 16.6. The summed E-state index contributed by atoms with van der Waals surface area (Å²) in [5.74, 6) is 0.565. The van der Waals surface area contributed by atoms with Gasteiger partial charge in [0.2, 0.25) is 0 Å². The molecule has 0 saturated heterocycles. The highest BCUT2D eigenvalue weighted by molar-refractivity contribution is 6.32. The zero-order valence-electron chi connectivity index (χ0n) is 13.9. The van der Waals surface area contributed by atoms with E-state index in [0.29, 0.717) is 11.6 Å². The van der Waals surface area contributed by atoms with Crippen LogP contribution >= 0.6 is 11.6 Å². The highest BCUT2D eigenvalue weighted by Crippen LogP contribution is 2.22. The number of fused-ring (bicyclic) bond motifs is 1. The molecule has 0 saturated carbocycles. The van der Waals surface area contributed by atoms with Crippen molar-refractivity contribution in [3.05, 3.63) is 101 Å². The largest absolute Gasteiger partial charge is 0.320 e. The third-order valence-corrected chi connectivity index (χ3v) is 4.58. The second-order valence-corrected chi connectivity index (χ2v) is 6.44. The quantitative estimate of drug-likeness (QED) is 0.432. The zero-order valence-corrected chi connectivity index (χ0v) is 14.7. The molecule has 4 rings (SSSR count). The predicted octanol–water partition coefficient (Wildman–Crippen LogP) is 6.05. The molecule has 0 fully saturated rings. The van der Waals surface area contributed by atoms with Gasteiger partial charge in [0.1, 0.15) is 11.6 Å². The lowest BCUT2D eigenvalue weighted by molar-refractivity contribution is 0.624. The van der Waals surface area contributed by atoms with E-state index in [1.54, 1.807) is 12.1 Å². The van der Waals surface area contributed by atoms with E-state index in [-0.39, 0.29) is 5.82 Å². The van der Waals surface area contributed by atoms with Gasteiger partial charge < -0.3 is 4.57 Å². The van der Waals surface area contributed by atoms with E-state index in [1.807, 2.05) is 66.7 Å². The van der Waals surface area contributed by atoms with Crippen LogP contribution in [0.4, 0.5) is 4.39 Å². The lowest BCUT2D eigenvalue weighted by atomic mass is 10.2. The minimum atomic E-state index is -0.236. The van der Waals surface area contributed by atoms with Crippen LogP contribution in [0.15, 0.2) is 72.8 Å². The highest BCUT2D eigenvalue weighted by Gasteiger charge is 2.09. The third kappa shape index (κ3) is 3.39. The Morgan fingerprint density at radius 3 is 2.58 bits per heavy atom. The first-order valence-corrected chi connectivity index (χ1v) is 8.71. The number of benzene rings is 3. The maximum Gasteiger partial charge on any atom is 0.134 e. The molecule has 0 amide bonds. The standard InChI is InChI=1S/C22H16ClFN2/c23-19-9-2-1-7-17(19)12-13-22-25-20-10-3-4-11-21(20)26(22)15-16-6-5-8-18(24)14-16/h1-14H,15H2/b13-12+. The first-order valence-electron chi connectivity index (χ1n) is 8.33. The average molecular weight is 363 g/mol. The number of rotatable bonds is 4. The van der Waals surface area contributed by atoms with Crippen LogP contribution in [0.5, 0.6) is 0 Å². The Balaban J connectivity index is 1.78. The minimum Gasteiger partial charge on any atom is -0.320 e. The van der Waals surface area contributed by atoms with E-state index in [2.05, 4.69) is 4.57 Å². The smallest absolute Gasteiger partial charge is 0.134 e. The predicted molar refractivity (Wildman–Crippen MR) is 106 cm³/mol. The summed E-state index contributed by atoms with van der Waals surface area (Å²) in [4.78, 5) is 4.72. The van der Waals surface area contributed by atoms with Gasteiger partial charge in [-0.3, -0.25) is 0 Å². The number of imidazole rings is 1. The second kappa shape index (κ2) is 7.14. The SMILES string of the molecule is Fc1cccc(Cn2c(/C=C/c3ccccc3Cl)nc3ccccc32)c1. The van der Waals surface area contributed by atoms with Crippen molar-refractivity contribution in [3.63, 3.8) is 0 Å². The molecule has 0 aliphatic carbocycles. The Morgan fingerprint density at radius 1 is 0.923 bits per heavy atom. The molecule has 0 unspecified atom stereocenters. The lowest BCUT2D eigenvalue weighted by Gasteiger charge is -2.08. The number of halogens is 2. The normalized spacial score (nSPS) is 11.5. The summed E-state index contributed by atoms with van der Waals surface area (Å²) in [7, 11) is 0. The minimum absolute atomic E-state index is 0.236. The van der Waals surface area contributed by atoms with Gasteiger partial charge in [0.25, 0.3) is 0 Å². The zero-order chi connectivity index (χ0) is 17.9. The number of nitrogens with zero attached hydrogens (tertiary/aromatic N) is 2. The monoisotopic (exact) mass is 362 g/mol. The van der Waals surface area contributed by atoms with Crippen LogP contribution in [-0.4, -0.2) is 9.55 Å². The van der Waals surface area contributed by atoms with E-state index in [9.17, 15) is 4.39 Å². The molecule has 4 aromatic rings. The molecule has 3 aromatic carbocycles. The Labute approximate surface area is 156 Å². The highest BCUT2D eigenvalue weighted by atomic mass is 35.5. The summed E-state index contributed by atoms with van der Waals surface area (Å²) in [6, 6.07) is 22.2. The summed E-state index contributed by atoms with van der Waals surface area (Å²) in [5.41, 5.74) is 3.73. The van der Waals surface area contributed by atoms with Crippen molar-refractivity contribution in [2.24, 2.45) is 0 Å². The average Bonchev–Trinajstić information content (AvgIpc) is 2.99. The molecule has 1 aromatic heterocycles. The lowest BCUT2D eigenvalue weighted by Crippen LogP contribution is -2.02. The van der Waals surface area contributed by atoms with Crippen LogP contribution in [0.3, 0.4) is 0 Å². The Hall–Kier alpha value is -2.91.